The number of amides is 1. The Labute approximate surface area is 95.1 Å². The van der Waals surface area contributed by atoms with E-state index in [0.29, 0.717) is 0 Å². The Hall–Kier alpha value is -1.52. The third-order valence-corrected chi connectivity index (χ3v) is 2.68. The zero-order valence-corrected chi connectivity index (χ0v) is 10.1. The van der Waals surface area contributed by atoms with Crippen molar-refractivity contribution in [1.82, 2.24) is 14.5 Å². The minimum atomic E-state index is -0.167. The van der Waals surface area contributed by atoms with Crippen molar-refractivity contribution in [1.29, 1.82) is 0 Å². The number of carbonyl (C=O) groups is 1. The lowest BCUT2D eigenvalue weighted by atomic mass is 10.2. The number of nitrogens with one attached hydrogen (secondary N) is 1. The summed E-state index contributed by atoms with van der Waals surface area (Å²) in [5.74, 6) is -0.109. The van der Waals surface area contributed by atoms with E-state index in [-0.39, 0.29) is 24.2 Å². The summed E-state index contributed by atoms with van der Waals surface area (Å²) in [6.45, 7) is 4.16. The highest BCUT2D eigenvalue weighted by Gasteiger charge is 2.10. The van der Waals surface area contributed by atoms with Crippen LogP contribution in [0.5, 0.6) is 0 Å². The Morgan fingerprint density at radius 1 is 1.38 bits per heavy atom. The zero-order valence-electron chi connectivity index (χ0n) is 10.1. The van der Waals surface area contributed by atoms with Crippen LogP contribution in [-0.2, 0) is 18.4 Å². The first-order valence-electron chi connectivity index (χ1n) is 5.59. The van der Waals surface area contributed by atoms with Crippen molar-refractivity contribution >= 4 is 5.91 Å². The summed E-state index contributed by atoms with van der Waals surface area (Å²) >= 11 is 0. The van der Waals surface area contributed by atoms with Crippen molar-refractivity contribution in [3.05, 3.63) is 22.9 Å². The summed E-state index contributed by atoms with van der Waals surface area (Å²) in [5, 5.41) is 2.89. The molecule has 1 rings (SSSR count). The molecule has 1 aromatic heterocycles. The van der Waals surface area contributed by atoms with Crippen LogP contribution in [0.25, 0.3) is 0 Å². The molecule has 1 N–H and O–H groups in total. The molecule has 1 amide bonds. The van der Waals surface area contributed by atoms with Gasteiger partial charge in [-0.3, -0.25) is 9.36 Å². The third kappa shape index (κ3) is 2.98. The zero-order chi connectivity index (χ0) is 12.1. The molecular weight excluding hydrogens is 206 g/mol. The first-order chi connectivity index (χ1) is 7.58. The molecule has 0 spiro atoms. The number of aromatic nitrogens is 2. The van der Waals surface area contributed by atoms with Gasteiger partial charge in [-0.05, 0) is 12.8 Å². The van der Waals surface area contributed by atoms with Crippen LogP contribution >= 0.6 is 0 Å². The first kappa shape index (κ1) is 12.5. The predicted octanol–water partition coefficient (Wildman–Crippen LogP) is 0.492. The maximum Gasteiger partial charge on any atom is 0.328 e. The van der Waals surface area contributed by atoms with Crippen LogP contribution in [0.2, 0.25) is 0 Å². The topological polar surface area (TPSA) is 56.0 Å². The minimum absolute atomic E-state index is 0.0934. The lowest BCUT2D eigenvalue weighted by Crippen LogP contribution is -2.38. The Balaban J connectivity index is 2.58. The highest BCUT2D eigenvalue weighted by Crippen LogP contribution is 1.96. The molecule has 0 unspecified atom stereocenters. The van der Waals surface area contributed by atoms with Gasteiger partial charge >= 0.3 is 5.69 Å². The fraction of sp³-hybridized carbons (Fsp3) is 0.636. The summed E-state index contributed by atoms with van der Waals surface area (Å²) in [7, 11) is 1.66. The van der Waals surface area contributed by atoms with Crippen LogP contribution in [-0.4, -0.2) is 21.1 Å². The van der Waals surface area contributed by atoms with E-state index in [1.165, 1.54) is 9.13 Å². The van der Waals surface area contributed by atoms with Crippen LogP contribution in [0.4, 0.5) is 0 Å². The van der Waals surface area contributed by atoms with E-state index >= 15 is 0 Å². The molecular formula is C11H19N3O2. The molecule has 16 heavy (non-hydrogen) atoms. The summed E-state index contributed by atoms with van der Waals surface area (Å²) in [6.07, 6.45) is 5.08. The van der Waals surface area contributed by atoms with E-state index in [2.05, 4.69) is 5.32 Å². The van der Waals surface area contributed by atoms with Gasteiger partial charge < -0.3 is 9.88 Å². The molecule has 0 aromatic carbocycles. The van der Waals surface area contributed by atoms with Gasteiger partial charge in [-0.25, -0.2) is 4.79 Å². The summed E-state index contributed by atoms with van der Waals surface area (Å²) < 4.78 is 2.85. The van der Waals surface area contributed by atoms with Gasteiger partial charge in [-0.2, -0.15) is 0 Å². The molecule has 1 aromatic rings. The number of imidazole rings is 1. The smallest absolute Gasteiger partial charge is 0.328 e. The number of carbonyl (C=O) groups excluding carboxylic acids is 1. The molecule has 0 fully saturated rings. The van der Waals surface area contributed by atoms with Crippen molar-refractivity contribution in [2.24, 2.45) is 7.05 Å². The Morgan fingerprint density at radius 2 is 2.00 bits per heavy atom. The Kier molecular flexibility index (Phi) is 4.34. The summed E-state index contributed by atoms with van der Waals surface area (Å²) in [4.78, 5) is 23.1. The van der Waals surface area contributed by atoms with E-state index < -0.39 is 0 Å². The fourth-order valence-corrected chi connectivity index (χ4v) is 1.55. The lowest BCUT2D eigenvalue weighted by molar-refractivity contribution is -0.122. The van der Waals surface area contributed by atoms with Crippen LogP contribution < -0.4 is 11.0 Å². The number of hydrogen-bond acceptors (Lipinski definition) is 2. The van der Waals surface area contributed by atoms with Gasteiger partial charge in [0.05, 0.1) is 0 Å². The van der Waals surface area contributed by atoms with Crippen LogP contribution in [0.3, 0.4) is 0 Å². The van der Waals surface area contributed by atoms with Crippen LogP contribution in [0.1, 0.15) is 26.7 Å². The van der Waals surface area contributed by atoms with Gasteiger partial charge in [0.2, 0.25) is 5.91 Å². The second-order valence-electron chi connectivity index (χ2n) is 3.90. The highest BCUT2D eigenvalue weighted by molar-refractivity contribution is 5.76. The highest BCUT2D eigenvalue weighted by atomic mass is 16.2. The van der Waals surface area contributed by atoms with E-state index in [1.54, 1.807) is 19.4 Å². The molecule has 0 saturated carbocycles. The van der Waals surface area contributed by atoms with Gasteiger partial charge in [0.1, 0.15) is 6.54 Å². The van der Waals surface area contributed by atoms with Crippen LogP contribution in [0, 0.1) is 0 Å². The molecule has 1 heterocycles. The predicted molar refractivity (Wildman–Crippen MR) is 62.2 cm³/mol. The standard InChI is InChI=1S/C11H19N3O2/c1-4-9(5-2)12-10(15)8-14-7-6-13(3)11(14)16/h6-7,9H,4-5,8H2,1-3H3,(H,12,15). The molecule has 90 valence electrons. The molecule has 0 aliphatic carbocycles. The largest absolute Gasteiger partial charge is 0.352 e. The molecule has 0 saturated heterocycles. The fourth-order valence-electron chi connectivity index (χ4n) is 1.55. The van der Waals surface area contributed by atoms with Crippen molar-refractivity contribution in [2.45, 2.75) is 39.3 Å². The van der Waals surface area contributed by atoms with Crippen molar-refractivity contribution in [2.75, 3.05) is 0 Å². The minimum Gasteiger partial charge on any atom is -0.352 e. The average molecular weight is 225 g/mol. The number of aryl methyl sites for hydroxylation is 1. The molecule has 0 bridgehead atoms. The monoisotopic (exact) mass is 225 g/mol. The number of hydrogen-bond donors (Lipinski definition) is 1. The van der Waals surface area contributed by atoms with Gasteiger partial charge in [-0.15, -0.1) is 0 Å². The van der Waals surface area contributed by atoms with E-state index in [4.69, 9.17) is 0 Å². The maximum absolute atomic E-state index is 11.6. The summed E-state index contributed by atoms with van der Waals surface area (Å²) in [5.41, 5.74) is -0.167. The molecule has 0 radical (unpaired) electrons. The quantitative estimate of drug-likeness (QED) is 0.793. The Morgan fingerprint density at radius 3 is 2.44 bits per heavy atom. The summed E-state index contributed by atoms with van der Waals surface area (Å²) in [6, 6.07) is 0.201. The second kappa shape index (κ2) is 5.53. The van der Waals surface area contributed by atoms with Crippen molar-refractivity contribution < 1.29 is 4.79 Å². The SMILES string of the molecule is CCC(CC)NC(=O)Cn1ccn(C)c1=O. The lowest BCUT2D eigenvalue weighted by Gasteiger charge is -2.14. The van der Waals surface area contributed by atoms with Gasteiger partial charge in [0.25, 0.3) is 0 Å². The first-order valence-corrected chi connectivity index (χ1v) is 5.59. The molecule has 5 heteroatoms. The van der Waals surface area contributed by atoms with Crippen molar-refractivity contribution in [3.8, 4) is 0 Å². The molecule has 0 aliphatic heterocycles. The van der Waals surface area contributed by atoms with Crippen LogP contribution in [0.15, 0.2) is 17.2 Å². The normalized spacial score (nSPS) is 10.8. The van der Waals surface area contributed by atoms with E-state index in [0.717, 1.165) is 12.8 Å². The Bertz CT molecular complexity index is 402. The van der Waals surface area contributed by atoms with Gasteiger partial charge in [-0.1, -0.05) is 13.8 Å². The number of nitrogens with zero attached hydrogens (tertiary/aromatic N) is 2. The molecule has 5 nitrogen and oxygen atoms in total. The average Bonchev–Trinajstić information content (AvgIpc) is 2.58. The molecule has 0 atom stereocenters. The third-order valence-electron chi connectivity index (χ3n) is 2.68. The number of rotatable bonds is 5. The van der Waals surface area contributed by atoms with Crippen molar-refractivity contribution in [3.63, 3.8) is 0 Å². The van der Waals surface area contributed by atoms with E-state index in [1.807, 2.05) is 13.8 Å². The van der Waals surface area contributed by atoms with Gasteiger partial charge in [0, 0.05) is 25.5 Å². The van der Waals surface area contributed by atoms with E-state index in [9.17, 15) is 9.59 Å². The maximum atomic E-state index is 11.6. The molecule has 0 aliphatic rings. The van der Waals surface area contributed by atoms with Gasteiger partial charge in [0.15, 0.2) is 0 Å². The second-order valence-corrected chi connectivity index (χ2v) is 3.90.